The van der Waals surface area contributed by atoms with Gasteiger partial charge in [0.25, 0.3) is 0 Å². The maximum atomic E-state index is 12.8. The molecule has 0 amide bonds. The molecule has 6 heteroatoms. The summed E-state index contributed by atoms with van der Waals surface area (Å²) in [7, 11) is 1.71. The van der Waals surface area contributed by atoms with Crippen molar-refractivity contribution in [3.05, 3.63) is 71.3 Å². The van der Waals surface area contributed by atoms with Gasteiger partial charge in [-0.2, -0.15) is 0 Å². The summed E-state index contributed by atoms with van der Waals surface area (Å²) in [4.78, 5) is 4.15. The molecular weight excluding hydrogens is 423 g/mol. The number of guanidine groups is 1. The van der Waals surface area contributed by atoms with Crippen molar-refractivity contribution in [3.8, 4) is 0 Å². The number of benzene rings is 2. The van der Waals surface area contributed by atoms with Gasteiger partial charge in [-0.1, -0.05) is 24.3 Å². The van der Waals surface area contributed by atoms with E-state index < -0.39 is 0 Å². The zero-order chi connectivity index (χ0) is 16.5. The van der Waals surface area contributed by atoms with Crippen molar-refractivity contribution in [1.82, 2.24) is 10.6 Å². The van der Waals surface area contributed by atoms with Crippen molar-refractivity contribution >= 4 is 29.9 Å². The van der Waals surface area contributed by atoms with E-state index in [2.05, 4.69) is 15.6 Å². The third-order valence-electron chi connectivity index (χ3n) is 3.46. The Bertz CT molecular complexity index is 574. The summed E-state index contributed by atoms with van der Waals surface area (Å²) in [5.74, 6) is 0.272. The van der Waals surface area contributed by atoms with E-state index in [1.165, 1.54) is 24.3 Å². The van der Waals surface area contributed by atoms with Crippen LogP contribution >= 0.6 is 24.0 Å². The lowest BCUT2D eigenvalue weighted by molar-refractivity contribution is 0.626. The van der Waals surface area contributed by atoms with Gasteiger partial charge in [-0.25, -0.2) is 8.78 Å². The molecule has 0 aliphatic heterocycles. The van der Waals surface area contributed by atoms with E-state index in [0.717, 1.165) is 24.0 Å². The van der Waals surface area contributed by atoms with E-state index in [0.29, 0.717) is 19.0 Å². The Labute approximate surface area is 158 Å². The summed E-state index contributed by atoms with van der Waals surface area (Å²) in [6.45, 7) is 1.42. The fraction of sp³-hybridized carbons (Fsp3) is 0.278. The van der Waals surface area contributed by atoms with Gasteiger partial charge in [-0.3, -0.25) is 4.99 Å². The molecule has 2 N–H and O–H groups in total. The van der Waals surface area contributed by atoms with Crippen LogP contribution < -0.4 is 10.6 Å². The van der Waals surface area contributed by atoms with Crippen LogP contribution in [0.3, 0.4) is 0 Å². The lowest BCUT2D eigenvalue weighted by Gasteiger charge is -2.12. The number of rotatable bonds is 6. The minimum atomic E-state index is -0.222. The molecule has 0 spiro atoms. The lowest BCUT2D eigenvalue weighted by Crippen LogP contribution is -2.39. The minimum Gasteiger partial charge on any atom is -0.356 e. The second-order valence-electron chi connectivity index (χ2n) is 5.18. The first-order chi connectivity index (χ1) is 11.2. The zero-order valence-electron chi connectivity index (χ0n) is 13.6. The first-order valence-corrected chi connectivity index (χ1v) is 7.61. The normalized spacial score (nSPS) is 9.79. The third-order valence-corrected chi connectivity index (χ3v) is 3.46. The standard InChI is InChI=1S/C18H21F2N3.HI/c1-21-18(22-12-10-14-2-6-16(19)7-3-14)23-13-11-15-4-8-17(20)9-5-15;/h2-9H,10-13H2,1H3,(H2,21,22,23);1H. The molecule has 24 heavy (non-hydrogen) atoms. The average Bonchev–Trinajstić information content (AvgIpc) is 2.57. The highest BCUT2D eigenvalue weighted by atomic mass is 127. The van der Waals surface area contributed by atoms with Crippen molar-refractivity contribution in [3.63, 3.8) is 0 Å². The predicted octanol–water partition coefficient (Wildman–Crippen LogP) is 3.53. The Hall–Kier alpha value is -1.70. The molecule has 0 atom stereocenters. The molecule has 2 aromatic carbocycles. The molecule has 0 aromatic heterocycles. The summed E-state index contributed by atoms with van der Waals surface area (Å²) in [5.41, 5.74) is 2.14. The van der Waals surface area contributed by atoms with Crippen LogP contribution in [-0.4, -0.2) is 26.1 Å². The molecule has 2 aromatic rings. The Morgan fingerprint density at radius 3 is 1.50 bits per heavy atom. The number of hydrogen-bond donors (Lipinski definition) is 2. The Kier molecular flexibility index (Phi) is 9.29. The first kappa shape index (κ1) is 20.3. The second kappa shape index (κ2) is 11.0. The fourth-order valence-electron chi connectivity index (χ4n) is 2.17. The number of nitrogens with one attached hydrogen (secondary N) is 2. The number of nitrogens with zero attached hydrogens (tertiary/aromatic N) is 1. The van der Waals surface area contributed by atoms with Gasteiger partial charge < -0.3 is 10.6 Å². The molecule has 0 unspecified atom stereocenters. The first-order valence-electron chi connectivity index (χ1n) is 7.61. The molecule has 3 nitrogen and oxygen atoms in total. The van der Waals surface area contributed by atoms with E-state index >= 15 is 0 Å². The number of halogens is 3. The second-order valence-corrected chi connectivity index (χ2v) is 5.18. The van der Waals surface area contributed by atoms with Crippen LogP contribution in [0.15, 0.2) is 53.5 Å². The van der Waals surface area contributed by atoms with Crippen LogP contribution in [-0.2, 0) is 12.8 Å². The van der Waals surface area contributed by atoms with E-state index in [1.54, 1.807) is 31.3 Å². The molecule has 0 radical (unpaired) electrons. The van der Waals surface area contributed by atoms with E-state index in [4.69, 9.17) is 0 Å². The highest BCUT2D eigenvalue weighted by Gasteiger charge is 1.99. The Morgan fingerprint density at radius 1 is 0.792 bits per heavy atom. The summed E-state index contributed by atoms with van der Waals surface area (Å²) in [6, 6.07) is 13.0. The third kappa shape index (κ3) is 7.25. The molecule has 0 saturated carbocycles. The maximum absolute atomic E-state index is 12.8. The van der Waals surface area contributed by atoms with Gasteiger partial charge in [-0.15, -0.1) is 24.0 Å². The smallest absolute Gasteiger partial charge is 0.190 e. The minimum absolute atomic E-state index is 0. The van der Waals surface area contributed by atoms with E-state index in [1.807, 2.05) is 0 Å². The van der Waals surface area contributed by atoms with Gasteiger partial charge in [0.1, 0.15) is 11.6 Å². The van der Waals surface area contributed by atoms with Crippen molar-refractivity contribution in [1.29, 1.82) is 0 Å². The van der Waals surface area contributed by atoms with Gasteiger partial charge >= 0.3 is 0 Å². The number of aliphatic imine (C=N–C) groups is 1. The molecule has 0 saturated heterocycles. The van der Waals surface area contributed by atoms with Gasteiger partial charge in [0, 0.05) is 20.1 Å². The quantitative estimate of drug-likeness (QED) is 0.406. The van der Waals surface area contributed by atoms with Gasteiger partial charge in [0.2, 0.25) is 0 Å². The van der Waals surface area contributed by atoms with Crippen LogP contribution in [0.5, 0.6) is 0 Å². The SMILES string of the molecule is CN=C(NCCc1ccc(F)cc1)NCCc1ccc(F)cc1.I. The van der Waals surface area contributed by atoms with Crippen LogP contribution in [0.4, 0.5) is 8.78 Å². The van der Waals surface area contributed by atoms with Crippen molar-refractivity contribution in [2.24, 2.45) is 4.99 Å². The highest BCUT2D eigenvalue weighted by Crippen LogP contribution is 2.03. The molecule has 0 aliphatic rings. The fourth-order valence-corrected chi connectivity index (χ4v) is 2.17. The monoisotopic (exact) mass is 445 g/mol. The molecule has 0 heterocycles. The molecular formula is C18H22F2IN3. The summed E-state index contributed by atoms with van der Waals surface area (Å²) < 4.78 is 25.7. The molecule has 0 bridgehead atoms. The largest absolute Gasteiger partial charge is 0.356 e. The van der Waals surface area contributed by atoms with Crippen molar-refractivity contribution < 1.29 is 8.78 Å². The van der Waals surface area contributed by atoms with Gasteiger partial charge in [-0.05, 0) is 48.2 Å². The van der Waals surface area contributed by atoms with Gasteiger partial charge in [0.15, 0.2) is 5.96 Å². The van der Waals surface area contributed by atoms with Crippen LogP contribution in [0.2, 0.25) is 0 Å². The average molecular weight is 445 g/mol. The summed E-state index contributed by atoms with van der Waals surface area (Å²) in [6.07, 6.45) is 1.58. The van der Waals surface area contributed by atoms with Crippen LogP contribution in [0.1, 0.15) is 11.1 Å². The predicted molar refractivity (Wildman–Crippen MR) is 105 cm³/mol. The summed E-state index contributed by atoms with van der Waals surface area (Å²) in [5, 5.41) is 6.43. The van der Waals surface area contributed by atoms with E-state index in [-0.39, 0.29) is 35.6 Å². The Morgan fingerprint density at radius 2 is 1.17 bits per heavy atom. The van der Waals surface area contributed by atoms with Gasteiger partial charge in [0.05, 0.1) is 0 Å². The topological polar surface area (TPSA) is 36.4 Å². The zero-order valence-corrected chi connectivity index (χ0v) is 15.9. The molecule has 0 aliphatic carbocycles. The molecule has 2 rings (SSSR count). The summed E-state index contributed by atoms with van der Waals surface area (Å²) >= 11 is 0. The highest BCUT2D eigenvalue weighted by molar-refractivity contribution is 14.0. The van der Waals surface area contributed by atoms with Crippen LogP contribution in [0.25, 0.3) is 0 Å². The lowest BCUT2D eigenvalue weighted by atomic mass is 10.1. The number of hydrogen-bond acceptors (Lipinski definition) is 1. The Balaban J connectivity index is 0.00000288. The molecule has 0 fully saturated rings. The maximum Gasteiger partial charge on any atom is 0.190 e. The van der Waals surface area contributed by atoms with E-state index in [9.17, 15) is 8.78 Å². The van der Waals surface area contributed by atoms with Crippen molar-refractivity contribution in [2.45, 2.75) is 12.8 Å². The van der Waals surface area contributed by atoms with Crippen LogP contribution in [0, 0.1) is 11.6 Å². The van der Waals surface area contributed by atoms with Crippen molar-refractivity contribution in [2.75, 3.05) is 20.1 Å². The molecule has 130 valence electrons.